The van der Waals surface area contributed by atoms with Crippen LogP contribution in [0.5, 0.6) is 5.75 Å². The monoisotopic (exact) mass is 348 g/mol. The number of carbonyl (C=O) groups is 2. The fourth-order valence-electron chi connectivity index (χ4n) is 2.89. The number of hydrogen-bond acceptors (Lipinski definition) is 3. The third-order valence-electron chi connectivity index (χ3n) is 4.28. The van der Waals surface area contributed by atoms with Gasteiger partial charge in [-0.25, -0.2) is 0 Å². The smallest absolute Gasteiger partial charge is 0.260 e. The molecule has 0 aromatic heterocycles. The van der Waals surface area contributed by atoms with Crippen molar-refractivity contribution in [2.24, 2.45) is 5.73 Å². The van der Waals surface area contributed by atoms with Crippen molar-refractivity contribution >= 4 is 22.6 Å². The summed E-state index contributed by atoms with van der Waals surface area (Å²) in [4.78, 5) is 23.0. The Morgan fingerprint density at radius 1 is 0.962 bits per heavy atom. The van der Waals surface area contributed by atoms with Gasteiger partial charge < -0.3 is 15.8 Å². The number of likely N-dealkylation sites (N-methyl/N-ethyl adjacent to an activating group) is 1. The summed E-state index contributed by atoms with van der Waals surface area (Å²) in [5.74, 6) is 0.0164. The topological polar surface area (TPSA) is 81.4 Å². The third kappa shape index (κ3) is 3.37. The number of carbonyl (C=O) groups excluding carboxylic acids is 2. The number of nitrogens with two attached hydrogens (primary N) is 1. The fourth-order valence-corrected chi connectivity index (χ4v) is 2.89. The Morgan fingerprint density at radius 2 is 1.62 bits per heavy atom. The van der Waals surface area contributed by atoms with Crippen LogP contribution in [-0.4, -0.2) is 25.0 Å². The van der Waals surface area contributed by atoms with Crippen molar-refractivity contribution in [2.45, 2.75) is 13.0 Å². The molecule has 2 amide bonds. The molecule has 0 bridgehead atoms. The maximum Gasteiger partial charge on any atom is 0.260 e. The van der Waals surface area contributed by atoms with Crippen LogP contribution in [0.4, 0.5) is 0 Å². The number of amides is 2. The number of hydrogen-bond donors (Lipinski definition) is 2. The highest BCUT2D eigenvalue weighted by molar-refractivity contribution is 6.01. The molecule has 3 rings (SSSR count). The molecular weight excluding hydrogens is 328 g/mol. The number of benzene rings is 3. The van der Waals surface area contributed by atoms with Gasteiger partial charge in [-0.3, -0.25) is 9.59 Å². The Balaban J connectivity index is 2.05. The van der Waals surface area contributed by atoms with E-state index in [4.69, 9.17) is 10.5 Å². The van der Waals surface area contributed by atoms with Gasteiger partial charge in [-0.05, 0) is 41.6 Å². The van der Waals surface area contributed by atoms with Crippen molar-refractivity contribution in [3.05, 3.63) is 66.2 Å². The fraction of sp³-hybridized carbons (Fsp3) is 0.143. The molecule has 1 unspecified atom stereocenters. The van der Waals surface area contributed by atoms with Crippen LogP contribution in [0.3, 0.4) is 0 Å². The number of fused-ring (bicyclic) bond motifs is 1. The van der Waals surface area contributed by atoms with Crippen molar-refractivity contribution in [3.63, 3.8) is 0 Å². The van der Waals surface area contributed by atoms with E-state index in [1.54, 1.807) is 26.1 Å². The Morgan fingerprint density at radius 3 is 2.23 bits per heavy atom. The first-order valence-electron chi connectivity index (χ1n) is 8.31. The molecule has 5 nitrogen and oxygen atoms in total. The number of primary amides is 1. The standard InChI is InChI=1S/C21H20N2O3/c1-13(21(25)23-2)26-19-12-11-16(17-5-3-4-6-18(17)19)14-7-9-15(10-8-14)20(22)24/h3-13H,1-2H3,(H2,22,24)(H,23,25). The van der Waals surface area contributed by atoms with Gasteiger partial charge in [0.15, 0.2) is 6.10 Å². The van der Waals surface area contributed by atoms with Crippen molar-refractivity contribution < 1.29 is 14.3 Å². The molecule has 3 N–H and O–H groups in total. The van der Waals surface area contributed by atoms with Crippen LogP contribution in [0.25, 0.3) is 21.9 Å². The summed E-state index contributed by atoms with van der Waals surface area (Å²) in [6.07, 6.45) is -0.593. The summed E-state index contributed by atoms with van der Waals surface area (Å²) in [5, 5.41) is 4.50. The lowest BCUT2D eigenvalue weighted by Gasteiger charge is -2.16. The lowest BCUT2D eigenvalue weighted by atomic mass is 9.97. The maximum absolute atomic E-state index is 11.8. The Labute approximate surface area is 151 Å². The zero-order valence-electron chi connectivity index (χ0n) is 14.7. The van der Waals surface area contributed by atoms with Gasteiger partial charge in [-0.2, -0.15) is 0 Å². The van der Waals surface area contributed by atoms with E-state index in [1.807, 2.05) is 48.5 Å². The van der Waals surface area contributed by atoms with Gasteiger partial charge >= 0.3 is 0 Å². The van der Waals surface area contributed by atoms with Gasteiger partial charge in [-0.1, -0.05) is 42.5 Å². The Kier molecular flexibility index (Phi) is 4.89. The summed E-state index contributed by atoms with van der Waals surface area (Å²) < 4.78 is 5.85. The van der Waals surface area contributed by atoms with E-state index in [1.165, 1.54) is 0 Å². The van der Waals surface area contributed by atoms with Gasteiger partial charge in [0.25, 0.3) is 5.91 Å². The van der Waals surface area contributed by atoms with Crippen molar-refractivity contribution in [2.75, 3.05) is 7.05 Å². The van der Waals surface area contributed by atoms with E-state index < -0.39 is 12.0 Å². The van der Waals surface area contributed by atoms with Gasteiger partial charge in [-0.15, -0.1) is 0 Å². The number of nitrogens with one attached hydrogen (secondary N) is 1. The molecule has 3 aromatic carbocycles. The molecular formula is C21H20N2O3. The van der Waals surface area contributed by atoms with Crippen LogP contribution < -0.4 is 15.8 Å². The molecule has 0 fully saturated rings. The van der Waals surface area contributed by atoms with Crippen LogP contribution in [0.15, 0.2) is 60.7 Å². The first-order valence-corrected chi connectivity index (χ1v) is 8.31. The minimum Gasteiger partial charge on any atom is -0.480 e. The molecule has 26 heavy (non-hydrogen) atoms. The second-order valence-electron chi connectivity index (χ2n) is 5.97. The van der Waals surface area contributed by atoms with E-state index in [9.17, 15) is 9.59 Å². The molecule has 0 heterocycles. The quantitative estimate of drug-likeness (QED) is 0.743. The molecule has 3 aromatic rings. The lowest BCUT2D eigenvalue weighted by Crippen LogP contribution is -2.33. The second kappa shape index (κ2) is 7.27. The zero-order valence-corrected chi connectivity index (χ0v) is 14.7. The van der Waals surface area contributed by atoms with Gasteiger partial charge in [0.1, 0.15) is 5.75 Å². The zero-order chi connectivity index (χ0) is 18.7. The first-order chi connectivity index (χ1) is 12.5. The summed E-state index contributed by atoms with van der Waals surface area (Å²) in [7, 11) is 1.58. The van der Waals surface area contributed by atoms with Crippen LogP contribution in [0.1, 0.15) is 17.3 Å². The lowest BCUT2D eigenvalue weighted by molar-refractivity contribution is -0.126. The van der Waals surface area contributed by atoms with Crippen LogP contribution >= 0.6 is 0 Å². The summed E-state index contributed by atoms with van der Waals surface area (Å²) >= 11 is 0. The molecule has 0 aliphatic heterocycles. The van der Waals surface area contributed by atoms with Crippen LogP contribution in [0, 0.1) is 0 Å². The second-order valence-corrected chi connectivity index (χ2v) is 5.97. The normalized spacial score (nSPS) is 11.8. The average Bonchev–Trinajstić information content (AvgIpc) is 2.67. The van der Waals surface area contributed by atoms with E-state index >= 15 is 0 Å². The van der Waals surface area contributed by atoms with Crippen molar-refractivity contribution in [1.82, 2.24) is 5.32 Å². The summed E-state index contributed by atoms with van der Waals surface area (Å²) in [6.45, 7) is 1.71. The van der Waals surface area contributed by atoms with Crippen molar-refractivity contribution in [3.8, 4) is 16.9 Å². The van der Waals surface area contributed by atoms with E-state index in [2.05, 4.69) is 5.32 Å². The minimum absolute atomic E-state index is 0.180. The minimum atomic E-state index is -0.593. The predicted molar refractivity (Wildman–Crippen MR) is 102 cm³/mol. The first kappa shape index (κ1) is 17.5. The molecule has 0 saturated carbocycles. The highest BCUT2D eigenvalue weighted by Gasteiger charge is 2.15. The summed E-state index contributed by atoms with van der Waals surface area (Å²) in [6, 6.07) is 18.8. The molecule has 0 spiro atoms. The highest BCUT2D eigenvalue weighted by atomic mass is 16.5. The molecule has 0 aliphatic carbocycles. The van der Waals surface area contributed by atoms with E-state index in [-0.39, 0.29) is 5.91 Å². The Hall–Kier alpha value is -3.34. The number of rotatable bonds is 5. The summed E-state index contributed by atoms with van der Waals surface area (Å²) in [5.41, 5.74) is 7.76. The van der Waals surface area contributed by atoms with Gasteiger partial charge in [0.05, 0.1) is 0 Å². The van der Waals surface area contributed by atoms with E-state index in [0.717, 1.165) is 21.9 Å². The molecule has 0 radical (unpaired) electrons. The molecule has 0 saturated heterocycles. The van der Waals surface area contributed by atoms with E-state index in [0.29, 0.717) is 11.3 Å². The van der Waals surface area contributed by atoms with Gasteiger partial charge in [0.2, 0.25) is 5.91 Å². The Bertz CT molecular complexity index is 965. The highest BCUT2D eigenvalue weighted by Crippen LogP contribution is 2.35. The number of ether oxygens (including phenoxy) is 1. The largest absolute Gasteiger partial charge is 0.480 e. The van der Waals surface area contributed by atoms with Crippen LogP contribution in [-0.2, 0) is 4.79 Å². The molecule has 1 atom stereocenters. The average molecular weight is 348 g/mol. The predicted octanol–water partition coefficient (Wildman–Crippen LogP) is 3.12. The van der Waals surface area contributed by atoms with Gasteiger partial charge in [0, 0.05) is 18.0 Å². The van der Waals surface area contributed by atoms with Crippen molar-refractivity contribution in [1.29, 1.82) is 0 Å². The SMILES string of the molecule is CNC(=O)C(C)Oc1ccc(-c2ccc(C(N)=O)cc2)c2ccccc12. The molecule has 0 aliphatic rings. The third-order valence-corrected chi connectivity index (χ3v) is 4.28. The molecule has 5 heteroatoms. The molecule has 132 valence electrons. The van der Waals surface area contributed by atoms with Crippen LogP contribution in [0.2, 0.25) is 0 Å². The maximum atomic E-state index is 11.8.